The molecule has 0 fully saturated rings. The molecule has 3 nitrogen and oxygen atoms in total. The topological polar surface area (TPSA) is 39.2 Å². The van der Waals surface area contributed by atoms with E-state index in [9.17, 15) is 4.79 Å². The van der Waals surface area contributed by atoms with Crippen molar-refractivity contribution < 1.29 is 8.98 Å². The lowest BCUT2D eigenvalue weighted by atomic mass is 10.3. The predicted octanol–water partition coefficient (Wildman–Crippen LogP) is 3.03. The molecule has 0 saturated carbocycles. The van der Waals surface area contributed by atoms with Crippen LogP contribution >= 0.6 is 23.4 Å². The van der Waals surface area contributed by atoms with Gasteiger partial charge in [-0.25, -0.2) is 9.78 Å². The molecule has 15 heavy (non-hydrogen) atoms. The number of nitrogens with zero attached hydrogens (tertiary/aromatic N) is 1. The molecule has 2 aromatic rings. The zero-order valence-corrected chi connectivity index (χ0v) is 9.31. The van der Waals surface area contributed by atoms with Crippen molar-refractivity contribution in [3.8, 4) is 0 Å². The van der Waals surface area contributed by atoms with Crippen molar-refractivity contribution in [2.75, 3.05) is 0 Å². The van der Waals surface area contributed by atoms with Crippen LogP contribution in [0.3, 0.4) is 0 Å². The predicted molar refractivity (Wildman–Crippen MR) is 61.8 cm³/mol. The highest BCUT2D eigenvalue weighted by Gasteiger charge is 2.06. The summed E-state index contributed by atoms with van der Waals surface area (Å²) in [5.74, 6) is -0.459. The first-order chi connectivity index (χ1) is 7.29. The van der Waals surface area contributed by atoms with Crippen molar-refractivity contribution in [1.29, 1.82) is 0 Å². The molecule has 0 spiro atoms. The minimum absolute atomic E-state index is 0.459. The van der Waals surface area contributed by atoms with Crippen LogP contribution in [-0.4, -0.2) is 11.0 Å². The van der Waals surface area contributed by atoms with Crippen molar-refractivity contribution >= 4 is 39.6 Å². The van der Waals surface area contributed by atoms with Crippen LogP contribution in [0, 0.1) is 0 Å². The molecule has 0 aliphatic heterocycles. The lowest BCUT2D eigenvalue weighted by molar-refractivity contribution is -0.127. The van der Waals surface area contributed by atoms with E-state index < -0.39 is 5.97 Å². The minimum Gasteiger partial charge on any atom is -0.380 e. The smallest absolute Gasteiger partial charge is 0.342 e. The molecule has 0 N–H and O–H groups in total. The molecule has 1 aromatic heterocycles. The Hall–Kier alpha value is -1.33. The fraction of sp³-hybridized carbons (Fsp3) is 0. The molecule has 0 bridgehead atoms. The van der Waals surface area contributed by atoms with Crippen molar-refractivity contribution in [3.63, 3.8) is 0 Å². The van der Waals surface area contributed by atoms with Crippen molar-refractivity contribution in [3.05, 3.63) is 36.9 Å². The van der Waals surface area contributed by atoms with E-state index in [0.717, 1.165) is 28.3 Å². The Kier molecular flexibility index (Phi) is 3.03. The summed E-state index contributed by atoms with van der Waals surface area (Å²) in [6.45, 7) is 3.31. The summed E-state index contributed by atoms with van der Waals surface area (Å²) in [6, 6.07) is 7.77. The second-order valence-electron chi connectivity index (χ2n) is 2.64. The molecule has 0 saturated heterocycles. The first-order valence-electron chi connectivity index (χ1n) is 4.16. The number of para-hydroxylation sites is 1. The van der Waals surface area contributed by atoms with Gasteiger partial charge in [-0.1, -0.05) is 18.7 Å². The third-order valence-electron chi connectivity index (χ3n) is 1.64. The van der Waals surface area contributed by atoms with Gasteiger partial charge in [0, 0.05) is 6.08 Å². The lowest BCUT2D eigenvalue weighted by Crippen LogP contribution is -1.90. The molecule has 5 heteroatoms. The fourth-order valence-corrected chi connectivity index (χ4v) is 2.56. The number of carbonyl (C=O) groups is 1. The van der Waals surface area contributed by atoms with Crippen LogP contribution in [0.5, 0.6) is 0 Å². The van der Waals surface area contributed by atoms with E-state index in [4.69, 9.17) is 4.18 Å². The van der Waals surface area contributed by atoms with Crippen LogP contribution in [0.1, 0.15) is 0 Å². The van der Waals surface area contributed by atoms with Crippen molar-refractivity contribution in [2.24, 2.45) is 0 Å². The van der Waals surface area contributed by atoms with Crippen LogP contribution in [0.15, 0.2) is 41.3 Å². The standard InChI is InChI=1S/C10H7NO2S2/c1-2-9(12)13-15-10-11-7-5-3-4-6-8(7)14-10/h2-6H,1H2. The Bertz CT molecular complexity index is 474. The number of fused-ring (bicyclic) bond motifs is 1. The molecule has 0 unspecified atom stereocenters. The normalized spacial score (nSPS) is 10.1. The van der Waals surface area contributed by atoms with Crippen molar-refractivity contribution in [1.82, 2.24) is 4.98 Å². The van der Waals surface area contributed by atoms with Crippen LogP contribution in [-0.2, 0) is 8.98 Å². The number of hydrogen-bond acceptors (Lipinski definition) is 5. The van der Waals surface area contributed by atoms with E-state index >= 15 is 0 Å². The number of benzene rings is 1. The monoisotopic (exact) mass is 237 g/mol. The van der Waals surface area contributed by atoms with Crippen LogP contribution in [0.4, 0.5) is 0 Å². The van der Waals surface area contributed by atoms with Crippen LogP contribution < -0.4 is 0 Å². The highest BCUT2D eigenvalue weighted by molar-refractivity contribution is 7.97. The fourth-order valence-electron chi connectivity index (χ4n) is 0.997. The van der Waals surface area contributed by atoms with E-state index in [1.165, 1.54) is 11.3 Å². The molecule has 2 rings (SSSR count). The van der Waals surface area contributed by atoms with Crippen LogP contribution in [0.2, 0.25) is 0 Å². The summed E-state index contributed by atoms with van der Waals surface area (Å²) in [4.78, 5) is 15.1. The molecular weight excluding hydrogens is 230 g/mol. The van der Waals surface area contributed by atoms with Gasteiger partial charge in [-0.15, -0.1) is 11.3 Å². The summed E-state index contributed by atoms with van der Waals surface area (Å²) >= 11 is 2.46. The van der Waals surface area contributed by atoms with Gasteiger partial charge in [0.1, 0.15) is 12.0 Å². The molecule has 0 aliphatic rings. The van der Waals surface area contributed by atoms with E-state index in [2.05, 4.69) is 11.6 Å². The Morgan fingerprint density at radius 2 is 2.33 bits per heavy atom. The molecule has 76 valence electrons. The Labute approximate surface area is 95.0 Å². The third-order valence-corrected chi connectivity index (χ3v) is 3.40. The van der Waals surface area contributed by atoms with Gasteiger partial charge in [0.25, 0.3) is 0 Å². The average Bonchev–Trinajstić information content (AvgIpc) is 2.68. The van der Waals surface area contributed by atoms with E-state index in [1.54, 1.807) is 0 Å². The van der Waals surface area contributed by atoms with Crippen molar-refractivity contribution in [2.45, 2.75) is 4.34 Å². The maximum Gasteiger partial charge on any atom is 0.342 e. The Morgan fingerprint density at radius 1 is 1.53 bits per heavy atom. The maximum atomic E-state index is 10.8. The molecule has 0 amide bonds. The average molecular weight is 237 g/mol. The van der Waals surface area contributed by atoms with Gasteiger partial charge in [-0.05, 0) is 12.1 Å². The first-order valence-corrected chi connectivity index (χ1v) is 5.72. The van der Waals surface area contributed by atoms with Gasteiger partial charge in [0.05, 0.1) is 10.2 Å². The van der Waals surface area contributed by atoms with Gasteiger partial charge in [0.15, 0.2) is 4.34 Å². The largest absolute Gasteiger partial charge is 0.380 e. The number of hydrogen-bond donors (Lipinski definition) is 0. The zero-order valence-electron chi connectivity index (χ0n) is 7.67. The van der Waals surface area contributed by atoms with Gasteiger partial charge in [0.2, 0.25) is 0 Å². The molecule has 1 aromatic carbocycles. The Morgan fingerprint density at radius 3 is 3.07 bits per heavy atom. The number of carbonyl (C=O) groups excluding carboxylic acids is 1. The second kappa shape index (κ2) is 4.46. The summed E-state index contributed by atoms with van der Waals surface area (Å²) < 4.78 is 6.61. The first kappa shape index (κ1) is 10.2. The Balaban J connectivity index is 2.15. The third kappa shape index (κ3) is 2.37. The number of thiazole rings is 1. The SMILES string of the molecule is C=CC(=O)OSc1nc2ccccc2s1. The second-order valence-corrected chi connectivity index (χ2v) is 4.65. The summed E-state index contributed by atoms with van der Waals surface area (Å²) in [5.41, 5.74) is 0.916. The van der Waals surface area contributed by atoms with Gasteiger partial charge in [-0.3, -0.25) is 0 Å². The summed E-state index contributed by atoms with van der Waals surface area (Å²) in [6.07, 6.45) is 1.13. The van der Waals surface area contributed by atoms with Gasteiger partial charge in [-0.2, -0.15) is 0 Å². The molecule has 1 heterocycles. The highest BCUT2D eigenvalue weighted by Crippen LogP contribution is 2.29. The molecule has 0 aliphatic carbocycles. The van der Waals surface area contributed by atoms with Crippen LogP contribution in [0.25, 0.3) is 10.2 Å². The van der Waals surface area contributed by atoms with E-state index in [0.29, 0.717) is 4.34 Å². The van der Waals surface area contributed by atoms with E-state index in [1.807, 2.05) is 24.3 Å². The van der Waals surface area contributed by atoms with Gasteiger partial charge >= 0.3 is 5.97 Å². The number of aromatic nitrogens is 1. The lowest BCUT2D eigenvalue weighted by Gasteiger charge is -1.92. The molecule has 0 atom stereocenters. The maximum absolute atomic E-state index is 10.8. The quantitative estimate of drug-likeness (QED) is 0.607. The highest BCUT2D eigenvalue weighted by atomic mass is 32.2. The molecular formula is C10H7NO2S2. The minimum atomic E-state index is -0.459. The van der Waals surface area contributed by atoms with E-state index in [-0.39, 0.29) is 0 Å². The number of rotatable bonds is 3. The molecule has 0 radical (unpaired) electrons. The summed E-state index contributed by atoms with van der Waals surface area (Å²) in [7, 11) is 0. The zero-order chi connectivity index (χ0) is 10.7. The van der Waals surface area contributed by atoms with Gasteiger partial charge < -0.3 is 4.18 Å². The summed E-state index contributed by atoms with van der Waals surface area (Å²) in [5, 5.41) is 0.